The summed E-state index contributed by atoms with van der Waals surface area (Å²) in [5.41, 5.74) is 6.44. The van der Waals surface area contributed by atoms with Gasteiger partial charge < -0.3 is 10.5 Å². The first-order chi connectivity index (χ1) is 6.69. The summed E-state index contributed by atoms with van der Waals surface area (Å²) < 4.78 is 5.08. The maximum Gasteiger partial charge on any atom is 0.132 e. The minimum atomic E-state index is -0.389. The van der Waals surface area contributed by atoms with Gasteiger partial charge in [-0.2, -0.15) is 5.26 Å². The zero-order valence-electron chi connectivity index (χ0n) is 7.70. The van der Waals surface area contributed by atoms with E-state index in [9.17, 15) is 0 Å². The van der Waals surface area contributed by atoms with Crippen LogP contribution in [0.2, 0.25) is 5.15 Å². The minimum absolute atomic E-state index is 0.222. The Morgan fingerprint density at radius 3 is 3.07 bits per heavy atom. The average molecular weight is 212 g/mol. The highest BCUT2D eigenvalue weighted by Gasteiger charge is 2.12. The molecule has 1 atom stereocenters. The van der Waals surface area contributed by atoms with Crippen molar-refractivity contribution in [1.82, 2.24) is 4.98 Å². The normalized spacial score (nSPS) is 11.9. The third-order valence-electron chi connectivity index (χ3n) is 1.79. The average Bonchev–Trinajstić information content (AvgIpc) is 2.17. The van der Waals surface area contributed by atoms with E-state index in [0.717, 1.165) is 0 Å². The Morgan fingerprint density at radius 2 is 2.50 bits per heavy atom. The standard InChI is InChI=1S/C9H10ClN3O/c1-14-8-4-9(10)13-5-6(8)7(12)2-3-11/h4-5,7H,2,12H2,1H3/t7-/m0/s1. The van der Waals surface area contributed by atoms with E-state index in [1.165, 1.54) is 13.3 Å². The highest BCUT2D eigenvalue weighted by Crippen LogP contribution is 2.26. The van der Waals surface area contributed by atoms with E-state index < -0.39 is 0 Å². The molecule has 0 fully saturated rings. The van der Waals surface area contributed by atoms with E-state index in [0.29, 0.717) is 16.5 Å². The van der Waals surface area contributed by atoms with Crippen molar-refractivity contribution in [3.8, 4) is 11.8 Å². The number of ether oxygens (including phenoxy) is 1. The first-order valence-electron chi connectivity index (χ1n) is 4.01. The molecule has 14 heavy (non-hydrogen) atoms. The monoisotopic (exact) mass is 211 g/mol. The van der Waals surface area contributed by atoms with Crippen molar-refractivity contribution in [3.63, 3.8) is 0 Å². The Hall–Kier alpha value is -1.31. The Balaban J connectivity index is 3.02. The molecule has 1 aromatic rings. The summed E-state index contributed by atoms with van der Waals surface area (Å²) >= 11 is 5.68. The van der Waals surface area contributed by atoms with Crippen LogP contribution in [-0.4, -0.2) is 12.1 Å². The number of aromatic nitrogens is 1. The van der Waals surface area contributed by atoms with E-state index in [1.54, 1.807) is 6.07 Å². The van der Waals surface area contributed by atoms with Crippen molar-refractivity contribution in [1.29, 1.82) is 5.26 Å². The molecular formula is C9H10ClN3O. The lowest BCUT2D eigenvalue weighted by molar-refractivity contribution is 0.405. The molecule has 0 bridgehead atoms. The predicted molar refractivity (Wildman–Crippen MR) is 53.0 cm³/mol. The third-order valence-corrected chi connectivity index (χ3v) is 2.00. The molecule has 0 saturated heterocycles. The molecule has 0 aliphatic carbocycles. The summed E-state index contributed by atoms with van der Waals surface area (Å²) in [5, 5.41) is 8.84. The molecule has 0 aliphatic heterocycles. The van der Waals surface area contributed by atoms with Gasteiger partial charge >= 0.3 is 0 Å². The SMILES string of the molecule is COc1cc(Cl)ncc1[C@@H](N)CC#N. The van der Waals surface area contributed by atoms with Crippen molar-refractivity contribution in [2.45, 2.75) is 12.5 Å². The van der Waals surface area contributed by atoms with Gasteiger partial charge in [-0.3, -0.25) is 0 Å². The number of pyridine rings is 1. The fraction of sp³-hybridized carbons (Fsp3) is 0.333. The largest absolute Gasteiger partial charge is 0.496 e. The van der Waals surface area contributed by atoms with Gasteiger partial charge in [0.25, 0.3) is 0 Å². The van der Waals surface area contributed by atoms with Crippen LogP contribution < -0.4 is 10.5 Å². The fourth-order valence-corrected chi connectivity index (χ4v) is 1.24. The van der Waals surface area contributed by atoms with Crippen molar-refractivity contribution in [2.75, 3.05) is 7.11 Å². The second-order valence-corrected chi connectivity index (χ2v) is 3.10. The van der Waals surface area contributed by atoms with Gasteiger partial charge in [0.05, 0.1) is 19.6 Å². The van der Waals surface area contributed by atoms with E-state index in [1.807, 2.05) is 6.07 Å². The maximum atomic E-state index is 8.50. The van der Waals surface area contributed by atoms with Crippen LogP contribution >= 0.6 is 11.6 Å². The summed E-state index contributed by atoms with van der Waals surface area (Å²) in [6, 6.07) is 3.18. The molecule has 0 aromatic carbocycles. The van der Waals surface area contributed by atoms with Crippen molar-refractivity contribution >= 4 is 11.6 Å². The lowest BCUT2D eigenvalue weighted by Gasteiger charge is -2.12. The van der Waals surface area contributed by atoms with Crippen LogP contribution in [0, 0.1) is 11.3 Å². The van der Waals surface area contributed by atoms with E-state index in [-0.39, 0.29) is 12.5 Å². The van der Waals surface area contributed by atoms with Gasteiger partial charge in [0, 0.05) is 23.9 Å². The first kappa shape index (κ1) is 10.8. The molecule has 0 spiro atoms. The molecule has 0 amide bonds. The topological polar surface area (TPSA) is 71.9 Å². The van der Waals surface area contributed by atoms with Gasteiger partial charge in [-0.1, -0.05) is 11.6 Å². The Kier molecular flexibility index (Phi) is 3.69. The van der Waals surface area contributed by atoms with Gasteiger partial charge in [0.15, 0.2) is 0 Å². The molecular weight excluding hydrogens is 202 g/mol. The number of hydrogen-bond acceptors (Lipinski definition) is 4. The predicted octanol–water partition coefficient (Wildman–Crippen LogP) is 1.66. The summed E-state index contributed by atoms with van der Waals surface area (Å²) in [5.74, 6) is 0.563. The van der Waals surface area contributed by atoms with E-state index in [4.69, 9.17) is 27.3 Å². The lowest BCUT2D eigenvalue weighted by atomic mass is 10.1. The smallest absolute Gasteiger partial charge is 0.132 e. The number of nitriles is 1. The Labute approximate surface area is 87.3 Å². The number of halogens is 1. The molecule has 1 heterocycles. The second-order valence-electron chi connectivity index (χ2n) is 2.72. The summed E-state index contributed by atoms with van der Waals surface area (Å²) in [6.07, 6.45) is 1.75. The molecule has 2 N–H and O–H groups in total. The number of methoxy groups -OCH3 is 1. The quantitative estimate of drug-likeness (QED) is 0.772. The number of nitrogens with zero attached hydrogens (tertiary/aromatic N) is 2. The third kappa shape index (κ3) is 2.34. The van der Waals surface area contributed by atoms with Crippen molar-refractivity contribution in [2.24, 2.45) is 5.73 Å². The molecule has 74 valence electrons. The van der Waals surface area contributed by atoms with Gasteiger partial charge in [0.1, 0.15) is 10.9 Å². The van der Waals surface area contributed by atoms with Gasteiger partial charge in [-0.05, 0) is 0 Å². The highest BCUT2D eigenvalue weighted by atomic mass is 35.5. The summed E-state index contributed by atoms with van der Waals surface area (Å²) in [6.45, 7) is 0. The van der Waals surface area contributed by atoms with Gasteiger partial charge in [0.2, 0.25) is 0 Å². The molecule has 4 nitrogen and oxygen atoms in total. The number of hydrogen-bond donors (Lipinski definition) is 1. The molecule has 1 rings (SSSR count). The van der Waals surface area contributed by atoms with Crippen molar-refractivity contribution in [3.05, 3.63) is 23.0 Å². The highest BCUT2D eigenvalue weighted by molar-refractivity contribution is 6.29. The first-order valence-corrected chi connectivity index (χ1v) is 4.38. The summed E-state index contributed by atoms with van der Waals surface area (Å²) in [7, 11) is 1.52. The molecule has 0 aliphatic rings. The number of rotatable bonds is 3. The summed E-state index contributed by atoms with van der Waals surface area (Å²) in [4.78, 5) is 3.89. The Bertz CT molecular complexity index is 362. The van der Waals surface area contributed by atoms with Crippen LogP contribution in [0.1, 0.15) is 18.0 Å². The maximum absolute atomic E-state index is 8.50. The van der Waals surface area contributed by atoms with Crippen molar-refractivity contribution < 1.29 is 4.74 Å². The molecule has 5 heteroatoms. The zero-order valence-corrected chi connectivity index (χ0v) is 8.45. The van der Waals surface area contributed by atoms with E-state index >= 15 is 0 Å². The Morgan fingerprint density at radius 1 is 1.79 bits per heavy atom. The molecule has 0 unspecified atom stereocenters. The van der Waals surface area contributed by atoms with Crippen LogP contribution in [0.4, 0.5) is 0 Å². The molecule has 0 radical (unpaired) electrons. The lowest BCUT2D eigenvalue weighted by Crippen LogP contribution is -2.11. The zero-order chi connectivity index (χ0) is 10.6. The van der Waals surface area contributed by atoms with Crippen LogP contribution in [0.5, 0.6) is 5.75 Å². The second kappa shape index (κ2) is 4.80. The fourth-order valence-electron chi connectivity index (χ4n) is 1.09. The van der Waals surface area contributed by atoms with E-state index in [2.05, 4.69) is 4.98 Å². The minimum Gasteiger partial charge on any atom is -0.496 e. The van der Waals surface area contributed by atoms with Crippen LogP contribution in [0.15, 0.2) is 12.3 Å². The van der Waals surface area contributed by atoms with Crippen LogP contribution in [0.3, 0.4) is 0 Å². The van der Waals surface area contributed by atoms with Gasteiger partial charge in [-0.25, -0.2) is 4.98 Å². The molecule has 1 aromatic heterocycles. The van der Waals surface area contributed by atoms with Crippen LogP contribution in [-0.2, 0) is 0 Å². The van der Waals surface area contributed by atoms with Gasteiger partial charge in [-0.15, -0.1) is 0 Å². The van der Waals surface area contributed by atoms with Crippen LogP contribution in [0.25, 0.3) is 0 Å². The number of nitrogens with two attached hydrogens (primary N) is 1. The molecule has 0 saturated carbocycles.